The fourth-order valence-electron chi connectivity index (χ4n) is 2.68. The predicted molar refractivity (Wildman–Crippen MR) is 95.6 cm³/mol. The molecule has 1 aromatic carbocycles. The van der Waals surface area contributed by atoms with Crippen LogP contribution in [-0.4, -0.2) is 22.1 Å². The number of benzene rings is 1. The number of anilines is 2. The van der Waals surface area contributed by atoms with Crippen molar-refractivity contribution in [3.05, 3.63) is 67.1 Å². The molecular formula is C19H16N4O. The van der Waals surface area contributed by atoms with E-state index in [4.69, 9.17) is 4.74 Å². The van der Waals surface area contributed by atoms with E-state index in [9.17, 15) is 0 Å². The van der Waals surface area contributed by atoms with Crippen LogP contribution in [-0.2, 0) is 0 Å². The molecular weight excluding hydrogens is 300 g/mol. The summed E-state index contributed by atoms with van der Waals surface area (Å²) in [6.45, 7) is 0. The van der Waals surface area contributed by atoms with Crippen molar-refractivity contribution in [2.45, 2.75) is 0 Å². The number of fused-ring (bicyclic) bond motifs is 1. The summed E-state index contributed by atoms with van der Waals surface area (Å²) in [6, 6.07) is 15.8. The van der Waals surface area contributed by atoms with Gasteiger partial charge in [-0.05, 0) is 54.1 Å². The number of hydrogen-bond acceptors (Lipinski definition) is 4. The molecule has 24 heavy (non-hydrogen) atoms. The average molecular weight is 316 g/mol. The highest BCUT2D eigenvalue weighted by atomic mass is 16.5. The number of rotatable bonds is 4. The minimum atomic E-state index is 0.788. The zero-order valence-corrected chi connectivity index (χ0v) is 13.2. The van der Waals surface area contributed by atoms with Crippen LogP contribution in [0.1, 0.15) is 0 Å². The van der Waals surface area contributed by atoms with Crippen LogP contribution < -0.4 is 10.1 Å². The topological polar surface area (TPSA) is 62.8 Å². The largest absolute Gasteiger partial charge is 0.497 e. The standard InChI is InChI=1S/C19H16N4O/c1-24-15-6-4-14(5-7-15)23-18-11-13(8-10-20-18)17-12-22-19-16(17)3-2-9-21-19/h2-12H,1H3,(H,20,23)(H,21,22). The lowest BCUT2D eigenvalue weighted by Gasteiger charge is -2.08. The van der Waals surface area contributed by atoms with Gasteiger partial charge in [0, 0.05) is 35.2 Å². The Kier molecular flexibility index (Phi) is 3.59. The van der Waals surface area contributed by atoms with Gasteiger partial charge < -0.3 is 15.0 Å². The predicted octanol–water partition coefficient (Wildman–Crippen LogP) is 4.38. The van der Waals surface area contributed by atoms with Gasteiger partial charge >= 0.3 is 0 Å². The summed E-state index contributed by atoms with van der Waals surface area (Å²) in [6.07, 6.45) is 5.56. The van der Waals surface area contributed by atoms with Crippen LogP contribution in [0, 0.1) is 0 Å². The lowest BCUT2D eigenvalue weighted by Crippen LogP contribution is -1.93. The van der Waals surface area contributed by atoms with Crippen molar-refractivity contribution >= 4 is 22.5 Å². The Morgan fingerprint density at radius 2 is 1.88 bits per heavy atom. The molecule has 0 amide bonds. The molecule has 0 fully saturated rings. The van der Waals surface area contributed by atoms with Crippen molar-refractivity contribution in [2.75, 3.05) is 12.4 Å². The van der Waals surface area contributed by atoms with Crippen molar-refractivity contribution < 1.29 is 4.74 Å². The zero-order valence-electron chi connectivity index (χ0n) is 13.2. The molecule has 118 valence electrons. The van der Waals surface area contributed by atoms with Gasteiger partial charge in [0.2, 0.25) is 0 Å². The number of pyridine rings is 2. The third-order valence-electron chi connectivity index (χ3n) is 3.88. The maximum atomic E-state index is 5.18. The smallest absolute Gasteiger partial charge is 0.137 e. The van der Waals surface area contributed by atoms with Crippen LogP contribution in [0.3, 0.4) is 0 Å². The third kappa shape index (κ3) is 2.67. The Hall–Kier alpha value is -3.34. The van der Waals surface area contributed by atoms with Gasteiger partial charge in [0.15, 0.2) is 0 Å². The number of aromatic amines is 1. The maximum absolute atomic E-state index is 5.18. The summed E-state index contributed by atoms with van der Waals surface area (Å²) in [4.78, 5) is 11.9. The van der Waals surface area contributed by atoms with Gasteiger partial charge in [-0.1, -0.05) is 0 Å². The van der Waals surface area contributed by atoms with Crippen molar-refractivity contribution in [3.63, 3.8) is 0 Å². The van der Waals surface area contributed by atoms with Crippen molar-refractivity contribution in [1.82, 2.24) is 15.0 Å². The summed E-state index contributed by atoms with van der Waals surface area (Å²) < 4.78 is 5.18. The number of aromatic nitrogens is 3. The number of hydrogen-bond donors (Lipinski definition) is 2. The number of nitrogens with one attached hydrogen (secondary N) is 2. The molecule has 4 rings (SSSR count). The average Bonchev–Trinajstić information content (AvgIpc) is 3.07. The Morgan fingerprint density at radius 3 is 2.71 bits per heavy atom. The van der Waals surface area contributed by atoms with Crippen LogP contribution in [0.2, 0.25) is 0 Å². The molecule has 0 aliphatic heterocycles. The van der Waals surface area contributed by atoms with Crippen molar-refractivity contribution in [2.24, 2.45) is 0 Å². The van der Waals surface area contributed by atoms with Crippen LogP contribution in [0.4, 0.5) is 11.5 Å². The van der Waals surface area contributed by atoms with E-state index in [0.29, 0.717) is 0 Å². The van der Waals surface area contributed by atoms with E-state index in [1.807, 2.05) is 48.7 Å². The Bertz CT molecular complexity index is 976. The zero-order chi connectivity index (χ0) is 16.4. The molecule has 0 saturated heterocycles. The summed E-state index contributed by atoms with van der Waals surface area (Å²) in [5.74, 6) is 1.62. The molecule has 3 aromatic heterocycles. The second-order valence-electron chi connectivity index (χ2n) is 5.39. The normalized spacial score (nSPS) is 10.7. The first-order chi connectivity index (χ1) is 11.8. The molecule has 0 bridgehead atoms. The first kappa shape index (κ1) is 14.3. The number of H-pyrrole nitrogens is 1. The minimum absolute atomic E-state index is 0.788. The third-order valence-corrected chi connectivity index (χ3v) is 3.88. The highest BCUT2D eigenvalue weighted by molar-refractivity contribution is 5.93. The molecule has 0 aliphatic carbocycles. The summed E-state index contributed by atoms with van der Waals surface area (Å²) >= 11 is 0. The molecule has 4 aromatic rings. The second kappa shape index (κ2) is 6.04. The van der Waals surface area contributed by atoms with Crippen molar-refractivity contribution in [3.8, 4) is 16.9 Å². The summed E-state index contributed by atoms with van der Waals surface area (Å²) in [5.41, 5.74) is 4.04. The molecule has 0 radical (unpaired) electrons. The number of nitrogens with zero attached hydrogens (tertiary/aromatic N) is 2. The van der Waals surface area contributed by atoms with E-state index >= 15 is 0 Å². The first-order valence-electron chi connectivity index (χ1n) is 7.63. The van der Waals surface area contributed by atoms with Crippen LogP contribution >= 0.6 is 0 Å². The molecule has 5 heteroatoms. The van der Waals surface area contributed by atoms with E-state index < -0.39 is 0 Å². The molecule has 0 atom stereocenters. The van der Waals surface area contributed by atoms with Crippen LogP contribution in [0.5, 0.6) is 5.75 Å². The lowest BCUT2D eigenvalue weighted by molar-refractivity contribution is 0.415. The summed E-state index contributed by atoms with van der Waals surface area (Å²) in [5, 5.41) is 4.41. The second-order valence-corrected chi connectivity index (χ2v) is 5.39. The monoisotopic (exact) mass is 316 g/mol. The number of ether oxygens (including phenoxy) is 1. The van der Waals surface area contributed by atoms with Gasteiger partial charge in [-0.15, -0.1) is 0 Å². The van der Waals surface area contributed by atoms with Gasteiger partial charge in [-0.25, -0.2) is 9.97 Å². The van der Waals surface area contributed by atoms with Gasteiger partial charge in [-0.3, -0.25) is 0 Å². The lowest BCUT2D eigenvalue weighted by atomic mass is 10.1. The van der Waals surface area contributed by atoms with E-state index in [1.54, 1.807) is 19.5 Å². The van der Waals surface area contributed by atoms with Gasteiger partial charge in [0.05, 0.1) is 7.11 Å². The highest BCUT2D eigenvalue weighted by Crippen LogP contribution is 2.29. The van der Waals surface area contributed by atoms with E-state index in [2.05, 4.69) is 26.3 Å². The fourth-order valence-corrected chi connectivity index (χ4v) is 2.68. The van der Waals surface area contributed by atoms with Crippen molar-refractivity contribution in [1.29, 1.82) is 0 Å². The van der Waals surface area contributed by atoms with Gasteiger partial charge in [0.1, 0.15) is 17.2 Å². The van der Waals surface area contributed by atoms with E-state index in [-0.39, 0.29) is 0 Å². The maximum Gasteiger partial charge on any atom is 0.137 e. The van der Waals surface area contributed by atoms with E-state index in [0.717, 1.165) is 39.4 Å². The molecule has 0 spiro atoms. The fraction of sp³-hybridized carbons (Fsp3) is 0.0526. The highest BCUT2D eigenvalue weighted by Gasteiger charge is 2.07. The molecule has 0 aliphatic rings. The molecule has 2 N–H and O–H groups in total. The Labute approximate surface area is 139 Å². The molecule has 3 heterocycles. The molecule has 5 nitrogen and oxygen atoms in total. The number of methoxy groups -OCH3 is 1. The van der Waals surface area contributed by atoms with Gasteiger partial charge in [0.25, 0.3) is 0 Å². The SMILES string of the molecule is COc1ccc(Nc2cc(-c3c[nH]c4ncccc34)ccn2)cc1. The molecule has 0 unspecified atom stereocenters. The minimum Gasteiger partial charge on any atom is -0.497 e. The summed E-state index contributed by atoms with van der Waals surface area (Å²) in [7, 11) is 1.66. The van der Waals surface area contributed by atoms with Crippen LogP contribution in [0.15, 0.2) is 67.1 Å². The molecule has 0 saturated carbocycles. The Morgan fingerprint density at radius 1 is 1.00 bits per heavy atom. The quantitative estimate of drug-likeness (QED) is 0.586. The van der Waals surface area contributed by atoms with Crippen LogP contribution in [0.25, 0.3) is 22.2 Å². The van der Waals surface area contributed by atoms with E-state index in [1.165, 1.54) is 0 Å². The van der Waals surface area contributed by atoms with Gasteiger partial charge in [-0.2, -0.15) is 0 Å². The first-order valence-corrected chi connectivity index (χ1v) is 7.63. The Balaban J connectivity index is 1.66.